The minimum atomic E-state index is -0.657. The molecule has 4 aromatic rings. The van der Waals surface area contributed by atoms with Crippen molar-refractivity contribution in [2.75, 3.05) is 18.1 Å². The largest absolute Gasteiger partial charge is 0.460 e. The van der Waals surface area contributed by atoms with Gasteiger partial charge in [0.05, 0.1) is 6.42 Å². The van der Waals surface area contributed by atoms with Crippen LogP contribution in [0.25, 0.3) is 21.9 Å². The molecule has 0 N–H and O–H groups in total. The number of rotatable bonds is 5. The molecule has 0 atom stereocenters. The zero-order valence-electron chi connectivity index (χ0n) is 19.2. The second-order valence-corrected chi connectivity index (χ2v) is 8.89. The van der Waals surface area contributed by atoms with Crippen LogP contribution in [0.5, 0.6) is 0 Å². The summed E-state index contributed by atoms with van der Waals surface area (Å²) in [4.78, 5) is 40.9. The quantitative estimate of drug-likeness (QED) is 0.372. The maximum atomic E-state index is 13.3. The summed E-state index contributed by atoms with van der Waals surface area (Å²) in [6, 6.07) is 22.0. The maximum Gasteiger partial charge on any atom is 0.355 e. The number of benzene rings is 3. The smallest absolute Gasteiger partial charge is 0.355 e. The number of pyridine rings is 1. The number of para-hydroxylation sites is 1. The first-order chi connectivity index (χ1) is 17.0. The Kier molecular flexibility index (Phi) is 6.14. The van der Waals surface area contributed by atoms with Gasteiger partial charge in [0.1, 0.15) is 12.3 Å². The number of ether oxygens (including phenoxy) is 1. The van der Waals surface area contributed by atoms with Gasteiger partial charge in [-0.1, -0.05) is 60.1 Å². The Balaban J connectivity index is 1.43. The van der Waals surface area contributed by atoms with E-state index in [0.717, 1.165) is 23.2 Å². The molecule has 2 heterocycles. The van der Waals surface area contributed by atoms with Crippen molar-refractivity contribution in [2.45, 2.75) is 12.8 Å². The van der Waals surface area contributed by atoms with Crippen molar-refractivity contribution in [3.05, 3.63) is 99.4 Å². The van der Waals surface area contributed by atoms with Crippen molar-refractivity contribution >= 4 is 39.9 Å². The number of hydrogen-bond donors (Lipinski definition) is 0. The van der Waals surface area contributed by atoms with Crippen molar-refractivity contribution in [1.82, 2.24) is 4.57 Å². The molecule has 0 saturated heterocycles. The Hall–Kier alpha value is -3.90. The van der Waals surface area contributed by atoms with Crippen LogP contribution >= 0.6 is 11.6 Å². The summed E-state index contributed by atoms with van der Waals surface area (Å²) in [6.45, 7) is 0.531. The lowest BCUT2D eigenvalue weighted by Crippen LogP contribution is -2.30. The van der Waals surface area contributed by atoms with Crippen LogP contribution in [0.3, 0.4) is 0 Å². The number of aromatic nitrogens is 1. The molecule has 3 aromatic carbocycles. The Morgan fingerprint density at radius 3 is 2.40 bits per heavy atom. The average molecular weight is 487 g/mol. The second-order valence-electron chi connectivity index (χ2n) is 8.45. The van der Waals surface area contributed by atoms with Crippen LogP contribution in [0.15, 0.2) is 77.6 Å². The number of carbonyl (C=O) groups excluding carboxylic acids is 2. The van der Waals surface area contributed by atoms with Crippen LogP contribution in [0.1, 0.15) is 22.5 Å². The van der Waals surface area contributed by atoms with Crippen molar-refractivity contribution in [2.24, 2.45) is 7.05 Å². The Morgan fingerprint density at radius 2 is 1.63 bits per heavy atom. The number of amides is 1. The molecule has 5 rings (SSSR count). The molecule has 1 aromatic heterocycles. The molecular formula is C28H23ClN2O4. The fraction of sp³-hybridized carbons (Fsp3) is 0.179. The Labute approximate surface area is 207 Å². The fourth-order valence-corrected chi connectivity index (χ4v) is 4.77. The molecule has 1 aliphatic heterocycles. The SMILES string of the molecule is Cn1c(C(=O)OCCC(=O)N2CCc3ccccc32)c(-c2ccc(Cl)cc2)c2ccccc2c1=O. The molecular weight excluding hydrogens is 464 g/mol. The van der Waals surface area contributed by atoms with Gasteiger partial charge in [-0.15, -0.1) is 0 Å². The van der Waals surface area contributed by atoms with Gasteiger partial charge in [-0.3, -0.25) is 9.59 Å². The van der Waals surface area contributed by atoms with Gasteiger partial charge in [-0.2, -0.15) is 0 Å². The van der Waals surface area contributed by atoms with E-state index in [4.69, 9.17) is 16.3 Å². The van der Waals surface area contributed by atoms with E-state index in [9.17, 15) is 14.4 Å². The van der Waals surface area contributed by atoms with Gasteiger partial charge in [0.25, 0.3) is 5.56 Å². The summed E-state index contributed by atoms with van der Waals surface area (Å²) >= 11 is 6.08. The third-order valence-corrected chi connectivity index (χ3v) is 6.62. The van der Waals surface area contributed by atoms with Crippen molar-refractivity contribution in [3.8, 4) is 11.1 Å². The molecule has 0 aliphatic carbocycles. The van der Waals surface area contributed by atoms with Crippen LogP contribution in [0, 0.1) is 0 Å². The Bertz CT molecular complexity index is 1510. The monoisotopic (exact) mass is 486 g/mol. The lowest BCUT2D eigenvalue weighted by Gasteiger charge is -2.18. The van der Waals surface area contributed by atoms with Crippen LogP contribution in [0.4, 0.5) is 5.69 Å². The van der Waals surface area contributed by atoms with Gasteiger partial charge in [0.2, 0.25) is 5.91 Å². The van der Waals surface area contributed by atoms with Gasteiger partial charge in [0, 0.05) is 35.3 Å². The van der Waals surface area contributed by atoms with E-state index < -0.39 is 5.97 Å². The highest BCUT2D eigenvalue weighted by atomic mass is 35.5. The molecule has 0 saturated carbocycles. The number of esters is 1. The molecule has 176 valence electrons. The molecule has 6 nitrogen and oxygen atoms in total. The summed E-state index contributed by atoms with van der Waals surface area (Å²) in [6.07, 6.45) is 0.864. The maximum absolute atomic E-state index is 13.3. The van der Waals surface area contributed by atoms with E-state index in [1.807, 2.05) is 36.4 Å². The number of carbonyl (C=O) groups is 2. The highest BCUT2D eigenvalue weighted by molar-refractivity contribution is 6.30. The number of fused-ring (bicyclic) bond motifs is 2. The van der Waals surface area contributed by atoms with E-state index in [1.54, 1.807) is 48.3 Å². The summed E-state index contributed by atoms with van der Waals surface area (Å²) in [5.41, 5.74) is 3.20. The molecule has 1 aliphatic rings. The Morgan fingerprint density at radius 1 is 0.943 bits per heavy atom. The zero-order chi connectivity index (χ0) is 24.5. The predicted molar refractivity (Wildman–Crippen MR) is 137 cm³/mol. The normalized spacial score (nSPS) is 12.6. The number of nitrogens with zero attached hydrogens (tertiary/aromatic N) is 2. The fourth-order valence-electron chi connectivity index (χ4n) is 4.64. The lowest BCUT2D eigenvalue weighted by molar-refractivity contribution is -0.119. The van der Waals surface area contributed by atoms with Gasteiger partial charge in [-0.25, -0.2) is 4.79 Å². The molecule has 0 radical (unpaired) electrons. The molecule has 0 spiro atoms. The molecule has 0 fully saturated rings. The highest BCUT2D eigenvalue weighted by Gasteiger charge is 2.26. The van der Waals surface area contributed by atoms with Crippen molar-refractivity contribution in [3.63, 3.8) is 0 Å². The van der Waals surface area contributed by atoms with E-state index in [1.165, 1.54) is 4.57 Å². The highest BCUT2D eigenvalue weighted by Crippen LogP contribution is 2.32. The first-order valence-electron chi connectivity index (χ1n) is 11.4. The predicted octanol–water partition coefficient (Wildman–Crippen LogP) is 5.00. The van der Waals surface area contributed by atoms with Gasteiger partial charge in [-0.05, 0) is 47.2 Å². The molecule has 0 unspecified atom stereocenters. The average Bonchev–Trinajstić information content (AvgIpc) is 3.31. The second kappa shape index (κ2) is 9.39. The zero-order valence-corrected chi connectivity index (χ0v) is 19.9. The van der Waals surface area contributed by atoms with Crippen molar-refractivity contribution in [1.29, 1.82) is 0 Å². The van der Waals surface area contributed by atoms with Crippen LogP contribution in [-0.4, -0.2) is 29.6 Å². The minimum Gasteiger partial charge on any atom is -0.460 e. The van der Waals surface area contributed by atoms with E-state index in [0.29, 0.717) is 27.9 Å². The topological polar surface area (TPSA) is 68.6 Å². The third-order valence-electron chi connectivity index (χ3n) is 6.37. The first kappa shape index (κ1) is 22.9. The van der Waals surface area contributed by atoms with E-state index >= 15 is 0 Å². The third kappa shape index (κ3) is 4.21. The lowest BCUT2D eigenvalue weighted by atomic mass is 9.97. The van der Waals surface area contributed by atoms with E-state index in [2.05, 4.69) is 0 Å². The minimum absolute atomic E-state index is 0.0535. The summed E-state index contributed by atoms with van der Waals surface area (Å²) in [5.74, 6) is -0.761. The van der Waals surface area contributed by atoms with Crippen LogP contribution in [-0.2, 0) is 23.0 Å². The van der Waals surface area contributed by atoms with Crippen molar-refractivity contribution < 1.29 is 14.3 Å². The van der Waals surface area contributed by atoms with Crippen LogP contribution in [0.2, 0.25) is 5.02 Å². The molecule has 35 heavy (non-hydrogen) atoms. The summed E-state index contributed by atoms with van der Waals surface area (Å²) in [7, 11) is 1.55. The first-order valence-corrected chi connectivity index (χ1v) is 11.8. The number of halogens is 1. The van der Waals surface area contributed by atoms with Gasteiger partial charge >= 0.3 is 5.97 Å². The number of hydrogen-bond acceptors (Lipinski definition) is 4. The summed E-state index contributed by atoms with van der Waals surface area (Å²) in [5, 5.41) is 1.71. The standard InChI is InChI=1S/C28H23ClN2O4/c1-30-26(28(34)35-17-15-24(32)31-16-14-18-6-2-5-9-23(18)31)25(19-10-12-20(29)13-11-19)21-7-3-4-8-22(21)27(30)33/h2-13H,14-17H2,1H3. The van der Waals surface area contributed by atoms with E-state index in [-0.39, 0.29) is 30.2 Å². The van der Waals surface area contributed by atoms with Gasteiger partial charge < -0.3 is 14.2 Å². The molecule has 0 bridgehead atoms. The summed E-state index contributed by atoms with van der Waals surface area (Å²) < 4.78 is 6.86. The molecule has 7 heteroatoms. The molecule has 1 amide bonds. The number of anilines is 1. The van der Waals surface area contributed by atoms with Gasteiger partial charge in [0.15, 0.2) is 0 Å². The van der Waals surface area contributed by atoms with Crippen LogP contribution < -0.4 is 10.5 Å².